The van der Waals surface area contributed by atoms with Gasteiger partial charge in [-0.3, -0.25) is 4.79 Å². The quantitative estimate of drug-likeness (QED) is 0.838. The SMILES string of the molecule is CSc1ccc(NC(=O)COc2cccc(C(C)(C)C)c2)cn1. The maximum Gasteiger partial charge on any atom is 0.262 e. The second-order valence-electron chi connectivity index (χ2n) is 6.20. The summed E-state index contributed by atoms with van der Waals surface area (Å²) in [5, 5.41) is 3.69. The zero-order valence-electron chi connectivity index (χ0n) is 13.9. The zero-order valence-corrected chi connectivity index (χ0v) is 14.7. The third kappa shape index (κ3) is 5.28. The van der Waals surface area contributed by atoms with E-state index < -0.39 is 0 Å². The number of carbonyl (C=O) groups is 1. The van der Waals surface area contributed by atoms with Crippen molar-refractivity contribution >= 4 is 23.4 Å². The standard InChI is InChI=1S/C18H22N2O2S/c1-18(2,3)13-6-5-7-15(10-13)22-12-16(21)20-14-8-9-17(23-4)19-11-14/h5-11H,12H2,1-4H3,(H,20,21). The van der Waals surface area contributed by atoms with Gasteiger partial charge in [0.2, 0.25) is 0 Å². The largest absolute Gasteiger partial charge is 0.484 e. The van der Waals surface area contributed by atoms with E-state index in [1.165, 1.54) is 5.56 Å². The Kier molecular flexibility index (Phi) is 5.66. The van der Waals surface area contributed by atoms with Gasteiger partial charge in [0, 0.05) is 0 Å². The summed E-state index contributed by atoms with van der Waals surface area (Å²) >= 11 is 1.56. The molecule has 0 unspecified atom stereocenters. The smallest absolute Gasteiger partial charge is 0.262 e. The first-order valence-corrected chi connectivity index (χ1v) is 8.64. The molecule has 0 saturated heterocycles. The molecule has 1 amide bonds. The van der Waals surface area contributed by atoms with Gasteiger partial charge in [0.05, 0.1) is 16.9 Å². The van der Waals surface area contributed by atoms with Crippen LogP contribution in [-0.4, -0.2) is 23.8 Å². The Morgan fingerprint density at radius 1 is 1.26 bits per heavy atom. The molecule has 0 saturated carbocycles. The number of rotatable bonds is 5. The minimum atomic E-state index is -0.204. The number of hydrogen-bond acceptors (Lipinski definition) is 4. The minimum Gasteiger partial charge on any atom is -0.484 e. The van der Waals surface area contributed by atoms with Crippen LogP contribution in [-0.2, 0) is 10.2 Å². The highest BCUT2D eigenvalue weighted by atomic mass is 32.2. The highest BCUT2D eigenvalue weighted by Crippen LogP contribution is 2.25. The lowest BCUT2D eigenvalue weighted by atomic mass is 9.87. The highest BCUT2D eigenvalue weighted by Gasteiger charge is 2.14. The Bertz CT molecular complexity index is 663. The normalized spacial score (nSPS) is 11.1. The van der Waals surface area contributed by atoms with Crippen molar-refractivity contribution in [3.05, 3.63) is 48.2 Å². The van der Waals surface area contributed by atoms with Gasteiger partial charge in [0.25, 0.3) is 5.91 Å². The van der Waals surface area contributed by atoms with Crippen molar-refractivity contribution in [3.8, 4) is 5.75 Å². The molecule has 1 aromatic carbocycles. The first-order chi connectivity index (χ1) is 10.9. The molecule has 5 heteroatoms. The van der Waals surface area contributed by atoms with Gasteiger partial charge < -0.3 is 10.1 Å². The van der Waals surface area contributed by atoms with E-state index in [1.807, 2.05) is 36.6 Å². The molecule has 122 valence electrons. The number of anilines is 1. The number of ether oxygens (including phenoxy) is 1. The molecule has 0 aliphatic heterocycles. The second kappa shape index (κ2) is 7.51. The lowest BCUT2D eigenvalue weighted by Crippen LogP contribution is -2.20. The van der Waals surface area contributed by atoms with Crippen molar-refractivity contribution in [3.63, 3.8) is 0 Å². The van der Waals surface area contributed by atoms with E-state index in [0.717, 1.165) is 5.03 Å². The zero-order chi connectivity index (χ0) is 16.9. The highest BCUT2D eigenvalue weighted by molar-refractivity contribution is 7.98. The number of nitrogens with zero attached hydrogens (tertiary/aromatic N) is 1. The summed E-state index contributed by atoms with van der Waals surface area (Å²) in [6.45, 7) is 6.40. The molecule has 1 aromatic heterocycles. The van der Waals surface area contributed by atoms with Gasteiger partial charge in [-0.2, -0.15) is 0 Å². The van der Waals surface area contributed by atoms with Crippen LogP contribution in [0.5, 0.6) is 5.75 Å². The molecule has 4 nitrogen and oxygen atoms in total. The van der Waals surface area contributed by atoms with E-state index in [0.29, 0.717) is 11.4 Å². The summed E-state index contributed by atoms with van der Waals surface area (Å²) in [5.41, 5.74) is 1.89. The number of benzene rings is 1. The van der Waals surface area contributed by atoms with Crippen molar-refractivity contribution in [2.24, 2.45) is 0 Å². The Labute approximate surface area is 141 Å². The van der Waals surface area contributed by atoms with Crippen molar-refractivity contribution in [1.29, 1.82) is 0 Å². The van der Waals surface area contributed by atoms with Crippen LogP contribution in [0, 0.1) is 0 Å². The molecule has 23 heavy (non-hydrogen) atoms. The molecular formula is C18H22N2O2S. The average molecular weight is 330 g/mol. The van der Waals surface area contributed by atoms with Crippen LogP contribution >= 0.6 is 11.8 Å². The molecule has 0 atom stereocenters. The lowest BCUT2D eigenvalue weighted by molar-refractivity contribution is -0.118. The van der Waals surface area contributed by atoms with E-state index >= 15 is 0 Å². The number of pyridine rings is 1. The van der Waals surface area contributed by atoms with Crippen LogP contribution < -0.4 is 10.1 Å². The van der Waals surface area contributed by atoms with Gasteiger partial charge in [0.15, 0.2) is 6.61 Å². The minimum absolute atomic E-state index is 0.0299. The average Bonchev–Trinajstić information content (AvgIpc) is 2.53. The molecule has 2 aromatic rings. The van der Waals surface area contributed by atoms with Crippen molar-refractivity contribution < 1.29 is 9.53 Å². The summed E-state index contributed by atoms with van der Waals surface area (Å²) < 4.78 is 5.58. The number of thioether (sulfide) groups is 1. The Morgan fingerprint density at radius 3 is 2.65 bits per heavy atom. The first kappa shape index (κ1) is 17.3. The first-order valence-electron chi connectivity index (χ1n) is 7.42. The Balaban J connectivity index is 1.91. The Morgan fingerprint density at radius 2 is 2.04 bits per heavy atom. The fraction of sp³-hybridized carbons (Fsp3) is 0.333. The Hall–Kier alpha value is -2.01. The summed E-state index contributed by atoms with van der Waals surface area (Å²) in [5.74, 6) is 0.494. The number of carbonyl (C=O) groups excluding carboxylic acids is 1. The van der Waals surface area contributed by atoms with Gasteiger partial charge in [-0.15, -0.1) is 11.8 Å². The van der Waals surface area contributed by atoms with Crippen LogP contribution in [0.15, 0.2) is 47.6 Å². The maximum absolute atomic E-state index is 12.0. The predicted octanol–water partition coefficient (Wildman–Crippen LogP) is 4.12. The molecule has 0 radical (unpaired) electrons. The molecule has 1 heterocycles. The third-order valence-electron chi connectivity index (χ3n) is 3.30. The van der Waals surface area contributed by atoms with Crippen molar-refractivity contribution in [2.75, 3.05) is 18.2 Å². The van der Waals surface area contributed by atoms with Crippen LogP contribution in [0.25, 0.3) is 0 Å². The van der Waals surface area contributed by atoms with Gasteiger partial charge in [-0.05, 0) is 41.5 Å². The third-order valence-corrected chi connectivity index (χ3v) is 3.96. The molecule has 0 bridgehead atoms. The van der Waals surface area contributed by atoms with Crippen LogP contribution in [0.4, 0.5) is 5.69 Å². The summed E-state index contributed by atoms with van der Waals surface area (Å²) in [7, 11) is 0. The second-order valence-corrected chi connectivity index (χ2v) is 7.03. The monoisotopic (exact) mass is 330 g/mol. The van der Waals surface area contributed by atoms with Crippen LogP contribution in [0.2, 0.25) is 0 Å². The van der Waals surface area contributed by atoms with Gasteiger partial charge in [-0.1, -0.05) is 32.9 Å². The molecule has 0 aliphatic carbocycles. The predicted molar refractivity (Wildman–Crippen MR) is 95.3 cm³/mol. The summed E-state index contributed by atoms with van der Waals surface area (Å²) in [6.07, 6.45) is 3.60. The molecule has 0 spiro atoms. The van der Waals surface area contributed by atoms with Gasteiger partial charge in [-0.25, -0.2) is 4.98 Å². The van der Waals surface area contributed by atoms with Crippen molar-refractivity contribution in [2.45, 2.75) is 31.2 Å². The summed E-state index contributed by atoms with van der Waals surface area (Å²) in [6, 6.07) is 11.5. The van der Waals surface area contributed by atoms with Gasteiger partial charge >= 0.3 is 0 Å². The van der Waals surface area contributed by atoms with Crippen LogP contribution in [0.3, 0.4) is 0 Å². The van der Waals surface area contributed by atoms with E-state index in [4.69, 9.17) is 4.74 Å². The molecular weight excluding hydrogens is 308 g/mol. The molecule has 2 rings (SSSR count). The lowest BCUT2D eigenvalue weighted by Gasteiger charge is -2.19. The van der Waals surface area contributed by atoms with E-state index in [1.54, 1.807) is 18.0 Å². The molecule has 1 N–H and O–H groups in total. The van der Waals surface area contributed by atoms with E-state index in [-0.39, 0.29) is 17.9 Å². The topological polar surface area (TPSA) is 51.2 Å². The van der Waals surface area contributed by atoms with Gasteiger partial charge in [0.1, 0.15) is 5.75 Å². The van der Waals surface area contributed by atoms with E-state index in [9.17, 15) is 4.79 Å². The summed E-state index contributed by atoms with van der Waals surface area (Å²) in [4.78, 5) is 16.2. The van der Waals surface area contributed by atoms with Crippen LogP contribution in [0.1, 0.15) is 26.3 Å². The number of amides is 1. The molecule has 0 fully saturated rings. The number of aromatic nitrogens is 1. The fourth-order valence-corrected chi connectivity index (χ4v) is 2.34. The number of nitrogens with one attached hydrogen (secondary N) is 1. The fourth-order valence-electron chi connectivity index (χ4n) is 1.97. The maximum atomic E-state index is 12.0. The van der Waals surface area contributed by atoms with E-state index in [2.05, 4.69) is 37.1 Å². The van der Waals surface area contributed by atoms with Crippen molar-refractivity contribution in [1.82, 2.24) is 4.98 Å². The number of hydrogen-bond donors (Lipinski definition) is 1. The molecule has 0 aliphatic rings.